The summed E-state index contributed by atoms with van der Waals surface area (Å²) in [4.78, 5) is 12.5. The van der Waals surface area contributed by atoms with Crippen LogP contribution in [0, 0.1) is 5.82 Å². The van der Waals surface area contributed by atoms with E-state index in [1.165, 1.54) is 23.0 Å². The quantitative estimate of drug-likeness (QED) is 0.796. The number of ether oxygens (including phenoxy) is 1. The Bertz CT molecular complexity index is 643. The van der Waals surface area contributed by atoms with Crippen molar-refractivity contribution in [2.75, 3.05) is 13.7 Å². The summed E-state index contributed by atoms with van der Waals surface area (Å²) in [6, 6.07) is 3.57. The molecule has 4 nitrogen and oxygen atoms in total. The molecule has 0 saturated heterocycles. The van der Waals surface area contributed by atoms with Crippen molar-refractivity contribution in [2.45, 2.75) is 6.54 Å². The fourth-order valence-corrected chi connectivity index (χ4v) is 2.22. The van der Waals surface area contributed by atoms with Crippen LogP contribution in [0.15, 0.2) is 24.4 Å². The van der Waals surface area contributed by atoms with Gasteiger partial charge >= 0.3 is 0 Å². The van der Waals surface area contributed by atoms with Crippen molar-refractivity contribution in [1.82, 2.24) is 9.78 Å². The van der Waals surface area contributed by atoms with Crippen molar-refractivity contribution in [3.8, 4) is 0 Å². The molecule has 0 amide bonds. The molecular weight excluding hydrogens is 306 g/mol. The maximum absolute atomic E-state index is 13.0. The summed E-state index contributed by atoms with van der Waals surface area (Å²) in [5, 5.41) is 4.26. The molecule has 0 unspecified atom stereocenters. The van der Waals surface area contributed by atoms with E-state index in [-0.39, 0.29) is 21.3 Å². The van der Waals surface area contributed by atoms with Crippen LogP contribution in [-0.4, -0.2) is 29.3 Å². The average molecular weight is 317 g/mol. The van der Waals surface area contributed by atoms with Crippen LogP contribution in [0.2, 0.25) is 10.0 Å². The smallest absolute Gasteiger partial charge is 0.214 e. The van der Waals surface area contributed by atoms with Crippen molar-refractivity contribution in [1.29, 1.82) is 0 Å². The fraction of sp³-hybridized carbons (Fsp3) is 0.231. The molecule has 2 rings (SSSR count). The Kier molecular flexibility index (Phi) is 4.75. The summed E-state index contributed by atoms with van der Waals surface area (Å²) in [5.41, 5.74) is 0.381. The zero-order valence-corrected chi connectivity index (χ0v) is 12.1. The number of carbonyl (C=O) groups is 1. The summed E-state index contributed by atoms with van der Waals surface area (Å²) in [5.74, 6) is -0.917. The summed E-state index contributed by atoms with van der Waals surface area (Å²) in [6.45, 7) is 0.762. The monoisotopic (exact) mass is 316 g/mol. The van der Waals surface area contributed by atoms with Crippen molar-refractivity contribution >= 4 is 29.0 Å². The number of nitrogens with zero attached hydrogens (tertiary/aromatic N) is 2. The molecule has 0 spiro atoms. The highest BCUT2D eigenvalue weighted by molar-refractivity contribution is 6.37. The van der Waals surface area contributed by atoms with E-state index in [9.17, 15) is 9.18 Å². The van der Waals surface area contributed by atoms with Gasteiger partial charge in [0.1, 0.15) is 11.5 Å². The van der Waals surface area contributed by atoms with Crippen molar-refractivity contribution in [3.05, 3.63) is 51.5 Å². The third-order valence-electron chi connectivity index (χ3n) is 2.69. The summed E-state index contributed by atoms with van der Waals surface area (Å²) >= 11 is 11.9. The van der Waals surface area contributed by atoms with E-state index in [4.69, 9.17) is 27.9 Å². The van der Waals surface area contributed by atoms with Crippen molar-refractivity contribution in [2.24, 2.45) is 0 Å². The topological polar surface area (TPSA) is 44.1 Å². The number of rotatable bonds is 5. The van der Waals surface area contributed by atoms with Gasteiger partial charge in [-0.1, -0.05) is 23.2 Å². The number of carbonyl (C=O) groups excluding carboxylic acids is 1. The van der Waals surface area contributed by atoms with Gasteiger partial charge in [0.25, 0.3) is 0 Å². The minimum atomic E-state index is -0.509. The van der Waals surface area contributed by atoms with E-state index in [0.717, 1.165) is 6.07 Å². The van der Waals surface area contributed by atoms with Crippen molar-refractivity contribution in [3.63, 3.8) is 0 Å². The largest absolute Gasteiger partial charge is 0.383 e. The van der Waals surface area contributed by atoms with E-state index in [0.29, 0.717) is 13.2 Å². The third kappa shape index (κ3) is 3.00. The molecule has 0 atom stereocenters. The minimum absolute atomic E-state index is 0.0329. The Morgan fingerprint density at radius 3 is 2.80 bits per heavy atom. The molecule has 0 radical (unpaired) electrons. The van der Waals surface area contributed by atoms with Crippen molar-refractivity contribution < 1.29 is 13.9 Å². The zero-order chi connectivity index (χ0) is 14.7. The first-order valence-electron chi connectivity index (χ1n) is 5.74. The molecule has 0 aliphatic heterocycles. The fourth-order valence-electron chi connectivity index (χ4n) is 1.74. The van der Waals surface area contributed by atoms with Crippen LogP contribution >= 0.6 is 23.2 Å². The molecule has 1 heterocycles. The first kappa shape index (κ1) is 15.0. The SMILES string of the molecule is COCCn1ncc(Cl)c1C(=O)c1ccc(F)cc1Cl. The normalized spacial score (nSPS) is 10.8. The Hall–Kier alpha value is -1.43. The average Bonchev–Trinajstić information content (AvgIpc) is 2.77. The number of methoxy groups -OCH3 is 1. The Morgan fingerprint density at radius 2 is 2.15 bits per heavy atom. The first-order chi connectivity index (χ1) is 9.54. The molecule has 1 aromatic heterocycles. The van der Waals surface area contributed by atoms with Gasteiger partial charge in [0.05, 0.1) is 29.4 Å². The van der Waals surface area contributed by atoms with Gasteiger partial charge in [0.2, 0.25) is 5.78 Å². The van der Waals surface area contributed by atoms with Gasteiger partial charge in [0.15, 0.2) is 0 Å². The number of ketones is 1. The minimum Gasteiger partial charge on any atom is -0.383 e. The molecule has 1 aromatic carbocycles. The molecule has 2 aromatic rings. The first-order valence-corrected chi connectivity index (χ1v) is 6.50. The standard InChI is InChI=1S/C13H11Cl2FN2O2/c1-20-5-4-18-12(11(15)7-17-18)13(19)9-3-2-8(16)6-10(9)14/h2-3,6-7H,4-5H2,1H3. The summed E-state index contributed by atoms with van der Waals surface area (Å²) in [6.07, 6.45) is 1.38. The zero-order valence-electron chi connectivity index (χ0n) is 10.6. The summed E-state index contributed by atoms with van der Waals surface area (Å²) in [7, 11) is 1.55. The molecule has 0 N–H and O–H groups in total. The number of aromatic nitrogens is 2. The predicted octanol–water partition coefficient (Wildman–Crippen LogP) is 3.21. The van der Waals surface area contributed by atoms with E-state index in [1.807, 2.05) is 0 Å². The highest BCUT2D eigenvalue weighted by Crippen LogP contribution is 2.24. The molecule has 0 aliphatic rings. The lowest BCUT2D eigenvalue weighted by Crippen LogP contribution is -2.15. The molecule has 0 aliphatic carbocycles. The number of hydrogen-bond donors (Lipinski definition) is 0. The lowest BCUT2D eigenvalue weighted by Gasteiger charge is -2.08. The van der Waals surface area contributed by atoms with Crippen LogP contribution in [0.4, 0.5) is 4.39 Å². The van der Waals surface area contributed by atoms with Crippen LogP contribution in [0.25, 0.3) is 0 Å². The van der Waals surface area contributed by atoms with Gasteiger partial charge in [-0.15, -0.1) is 0 Å². The second-order valence-electron chi connectivity index (χ2n) is 4.01. The molecule has 106 valence electrons. The predicted molar refractivity (Wildman–Crippen MR) is 74.0 cm³/mol. The van der Waals surface area contributed by atoms with Crippen LogP contribution < -0.4 is 0 Å². The van der Waals surface area contributed by atoms with Gasteiger partial charge in [-0.3, -0.25) is 9.48 Å². The van der Waals surface area contributed by atoms with Crippen LogP contribution in [-0.2, 0) is 11.3 Å². The molecule has 7 heteroatoms. The molecule has 0 saturated carbocycles. The third-order valence-corrected chi connectivity index (χ3v) is 3.28. The van der Waals surface area contributed by atoms with E-state index >= 15 is 0 Å². The van der Waals surface area contributed by atoms with Gasteiger partial charge in [-0.25, -0.2) is 4.39 Å². The van der Waals surface area contributed by atoms with E-state index < -0.39 is 11.6 Å². The lowest BCUT2D eigenvalue weighted by molar-refractivity contribution is 0.102. The Labute approximate surface area is 125 Å². The molecule has 0 bridgehead atoms. The number of hydrogen-bond acceptors (Lipinski definition) is 3. The number of halogens is 3. The Morgan fingerprint density at radius 1 is 1.40 bits per heavy atom. The second kappa shape index (κ2) is 6.35. The second-order valence-corrected chi connectivity index (χ2v) is 4.82. The summed E-state index contributed by atoms with van der Waals surface area (Å²) < 4.78 is 19.4. The highest BCUT2D eigenvalue weighted by atomic mass is 35.5. The molecule has 0 fully saturated rings. The molecular formula is C13H11Cl2FN2O2. The van der Waals surface area contributed by atoms with Gasteiger partial charge in [0, 0.05) is 12.7 Å². The van der Waals surface area contributed by atoms with Gasteiger partial charge in [-0.05, 0) is 18.2 Å². The van der Waals surface area contributed by atoms with Crippen LogP contribution in [0.5, 0.6) is 0 Å². The van der Waals surface area contributed by atoms with E-state index in [1.54, 1.807) is 7.11 Å². The number of benzene rings is 1. The van der Waals surface area contributed by atoms with E-state index in [2.05, 4.69) is 5.10 Å². The Balaban J connectivity index is 2.40. The van der Waals surface area contributed by atoms with Gasteiger partial charge in [-0.2, -0.15) is 5.10 Å². The van der Waals surface area contributed by atoms with Crippen LogP contribution in [0.1, 0.15) is 16.1 Å². The highest BCUT2D eigenvalue weighted by Gasteiger charge is 2.21. The molecule has 20 heavy (non-hydrogen) atoms. The lowest BCUT2D eigenvalue weighted by atomic mass is 10.1. The maximum atomic E-state index is 13.0. The van der Waals surface area contributed by atoms with Gasteiger partial charge < -0.3 is 4.74 Å². The maximum Gasteiger partial charge on any atom is 0.214 e. The van der Waals surface area contributed by atoms with Crippen LogP contribution in [0.3, 0.4) is 0 Å².